The van der Waals surface area contributed by atoms with Crippen molar-refractivity contribution in [1.29, 1.82) is 0 Å². The van der Waals surface area contributed by atoms with Crippen LogP contribution >= 0.6 is 0 Å². The van der Waals surface area contributed by atoms with E-state index >= 15 is 0 Å². The van der Waals surface area contributed by atoms with Crippen molar-refractivity contribution in [3.05, 3.63) is 48.5 Å². The van der Waals surface area contributed by atoms with E-state index in [2.05, 4.69) is 20.0 Å². The topological polar surface area (TPSA) is 84.0 Å². The Kier molecular flexibility index (Phi) is 4.08. The summed E-state index contributed by atoms with van der Waals surface area (Å²) in [4.78, 5) is 8.07. The van der Waals surface area contributed by atoms with Crippen LogP contribution in [0.3, 0.4) is 0 Å². The standard InChI is InChI=1S/C12H14N4O2S/c1-13-19(17,18)12-4-2-11(3-5-12)16-8-10-6-14-9-15-7-10/h2-7,9,13,16H,8H2,1H3. The van der Waals surface area contributed by atoms with Crippen LogP contribution in [0.2, 0.25) is 0 Å². The SMILES string of the molecule is CNS(=O)(=O)c1ccc(NCc2cncnc2)cc1. The number of anilines is 1. The van der Waals surface area contributed by atoms with Crippen molar-refractivity contribution in [3.8, 4) is 0 Å². The summed E-state index contributed by atoms with van der Waals surface area (Å²) in [5.74, 6) is 0. The van der Waals surface area contributed by atoms with Gasteiger partial charge in [0.05, 0.1) is 4.90 Å². The van der Waals surface area contributed by atoms with Crippen LogP contribution in [0, 0.1) is 0 Å². The van der Waals surface area contributed by atoms with Crippen molar-refractivity contribution in [2.45, 2.75) is 11.4 Å². The van der Waals surface area contributed by atoms with E-state index in [0.29, 0.717) is 6.54 Å². The average molecular weight is 278 g/mol. The highest BCUT2D eigenvalue weighted by atomic mass is 32.2. The Labute approximate surface area is 112 Å². The van der Waals surface area contributed by atoms with Crippen LogP contribution in [0.15, 0.2) is 47.9 Å². The van der Waals surface area contributed by atoms with E-state index in [1.165, 1.54) is 13.4 Å². The van der Waals surface area contributed by atoms with Crippen molar-refractivity contribution in [2.75, 3.05) is 12.4 Å². The highest BCUT2D eigenvalue weighted by Gasteiger charge is 2.10. The Morgan fingerprint density at radius 1 is 1.11 bits per heavy atom. The third kappa shape index (κ3) is 3.49. The molecule has 2 aromatic rings. The summed E-state index contributed by atoms with van der Waals surface area (Å²) in [6, 6.07) is 6.54. The number of rotatable bonds is 5. The van der Waals surface area contributed by atoms with Crippen molar-refractivity contribution >= 4 is 15.7 Å². The van der Waals surface area contributed by atoms with Crippen LogP contribution < -0.4 is 10.0 Å². The van der Waals surface area contributed by atoms with Crippen LogP contribution in [0.1, 0.15) is 5.56 Å². The van der Waals surface area contributed by atoms with E-state index < -0.39 is 10.0 Å². The molecule has 19 heavy (non-hydrogen) atoms. The molecule has 0 atom stereocenters. The van der Waals surface area contributed by atoms with E-state index in [4.69, 9.17) is 0 Å². The van der Waals surface area contributed by atoms with Crippen molar-refractivity contribution in [3.63, 3.8) is 0 Å². The van der Waals surface area contributed by atoms with Gasteiger partial charge >= 0.3 is 0 Å². The van der Waals surface area contributed by atoms with Gasteiger partial charge in [0.1, 0.15) is 6.33 Å². The van der Waals surface area contributed by atoms with Crippen LogP contribution in [0.4, 0.5) is 5.69 Å². The molecule has 6 nitrogen and oxygen atoms in total. The number of nitrogens with one attached hydrogen (secondary N) is 2. The Morgan fingerprint density at radius 3 is 2.32 bits per heavy atom. The molecule has 1 aromatic heterocycles. The molecule has 0 spiro atoms. The average Bonchev–Trinajstić information content (AvgIpc) is 2.47. The maximum Gasteiger partial charge on any atom is 0.240 e. The lowest BCUT2D eigenvalue weighted by molar-refractivity contribution is 0.588. The van der Waals surface area contributed by atoms with Crippen molar-refractivity contribution < 1.29 is 8.42 Å². The molecule has 0 saturated carbocycles. The molecule has 2 N–H and O–H groups in total. The van der Waals surface area contributed by atoms with Gasteiger partial charge < -0.3 is 5.32 Å². The molecule has 7 heteroatoms. The van der Waals surface area contributed by atoms with E-state index in [9.17, 15) is 8.42 Å². The molecule has 0 saturated heterocycles. The van der Waals surface area contributed by atoms with E-state index in [1.54, 1.807) is 36.7 Å². The number of hydrogen-bond donors (Lipinski definition) is 2. The summed E-state index contributed by atoms with van der Waals surface area (Å²) in [5.41, 5.74) is 1.79. The van der Waals surface area contributed by atoms with Crippen LogP contribution in [-0.2, 0) is 16.6 Å². The lowest BCUT2D eigenvalue weighted by Gasteiger charge is -2.07. The number of aromatic nitrogens is 2. The van der Waals surface area contributed by atoms with E-state index in [-0.39, 0.29) is 4.90 Å². The first-order chi connectivity index (χ1) is 9.12. The zero-order valence-corrected chi connectivity index (χ0v) is 11.2. The molecule has 0 fully saturated rings. The largest absolute Gasteiger partial charge is 0.381 e. The third-order valence-corrected chi connectivity index (χ3v) is 3.97. The molecule has 0 radical (unpaired) electrons. The lowest BCUT2D eigenvalue weighted by atomic mass is 10.3. The minimum absolute atomic E-state index is 0.239. The molecule has 0 aliphatic carbocycles. The molecular formula is C12H14N4O2S. The predicted molar refractivity (Wildman–Crippen MR) is 72.0 cm³/mol. The van der Waals surface area contributed by atoms with E-state index in [1.807, 2.05) is 0 Å². The predicted octanol–water partition coefficient (Wildman–Crippen LogP) is 0.997. The smallest absolute Gasteiger partial charge is 0.240 e. The zero-order chi connectivity index (χ0) is 13.7. The second-order valence-electron chi connectivity index (χ2n) is 3.83. The lowest BCUT2D eigenvalue weighted by Crippen LogP contribution is -2.18. The number of hydrogen-bond acceptors (Lipinski definition) is 5. The number of sulfonamides is 1. The van der Waals surface area contributed by atoms with Gasteiger partial charge in [-0.25, -0.2) is 23.1 Å². The second-order valence-corrected chi connectivity index (χ2v) is 5.72. The maximum absolute atomic E-state index is 11.5. The van der Waals surface area contributed by atoms with Gasteiger partial charge in [0.2, 0.25) is 10.0 Å². The fraction of sp³-hybridized carbons (Fsp3) is 0.167. The first kappa shape index (κ1) is 13.4. The highest BCUT2D eigenvalue weighted by Crippen LogP contribution is 2.14. The summed E-state index contributed by atoms with van der Waals surface area (Å²) in [6.07, 6.45) is 4.92. The fourth-order valence-electron chi connectivity index (χ4n) is 1.50. The quantitative estimate of drug-likeness (QED) is 0.852. The zero-order valence-electron chi connectivity index (χ0n) is 10.4. The van der Waals surface area contributed by atoms with Gasteiger partial charge in [-0.3, -0.25) is 0 Å². The van der Waals surface area contributed by atoms with Gasteiger partial charge in [-0.05, 0) is 31.3 Å². The number of benzene rings is 1. The summed E-state index contributed by atoms with van der Waals surface area (Å²) in [7, 11) is -1.99. The molecule has 0 bridgehead atoms. The Bertz CT molecular complexity index is 627. The minimum Gasteiger partial charge on any atom is -0.381 e. The molecule has 0 aliphatic heterocycles. The molecule has 0 amide bonds. The summed E-state index contributed by atoms with van der Waals surface area (Å²) in [5, 5.41) is 3.16. The summed E-state index contributed by atoms with van der Waals surface area (Å²) in [6.45, 7) is 0.582. The first-order valence-corrected chi connectivity index (χ1v) is 7.11. The molecule has 0 aliphatic rings. The Morgan fingerprint density at radius 2 is 1.74 bits per heavy atom. The first-order valence-electron chi connectivity index (χ1n) is 5.63. The van der Waals surface area contributed by atoms with Crippen molar-refractivity contribution in [2.24, 2.45) is 0 Å². The van der Waals surface area contributed by atoms with Crippen LogP contribution in [-0.4, -0.2) is 25.4 Å². The molecule has 100 valence electrons. The summed E-state index contributed by atoms with van der Waals surface area (Å²) >= 11 is 0. The maximum atomic E-state index is 11.5. The normalized spacial score (nSPS) is 11.2. The van der Waals surface area contributed by atoms with Gasteiger partial charge in [0.25, 0.3) is 0 Å². The molecule has 2 rings (SSSR count). The molecule has 1 aromatic carbocycles. The van der Waals surface area contributed by atoms with Crippen molar-refractivity contribution in [1.82, 2.24) is 14.7 Å². The van der Waals surface area contributed by atoms with Gasteiger partial charge in [-0.2, -0.15) is 0 Å². The fourth-order valence-corrected chi connectivity index (χ4v) is 2.23. The number of nitrogens with zero attached hydrogens (tertiary/aromatic N) is 2. The summed E-state index contributed by atoms with van der Waals surface area (Å²) < 4.78 is 25.4. The Hall–Kier alpha value is -1.99. The van der Waals surface area contributed by atoms with Gasteiger partial charge in [0, 0.05) is 30.2 Å². The minimum atomic E-state index is -3.38. The second kappa shape index (κ2) is 5.77. The van der Waals surface area contributed by atoms with Gasteiger partial charge in [0.15, 0.2) is 0 Å². The van der Waals surface area contributed by atoms with Gasteiger partial charge in [-0.1, -0.05) is 0 Å². The monoisotopic (exact) mass is 278 g/mol. The van der Waals surface area contributed by atoms with Gasteiger partial charge in [-0.15, -0.1) is 0 Å². The molecule has 0 unspecified atom stereocenters. The van der Waals surface area contributed by atoms with Crippen LogP contribution in [0.5, 0.6) is 0 Å². The van der Waals surface area contributed by atoms with E-state index in [0.717, 1.165) is 11.3 Å². The van der Waals surface area contributed by atoms with Crippen LogP contribution in [0.25, 0.3) is 0 Å². The third-order valence-electron chi connectivity index (χ3n) is 2.54. The highest BCUT2D eigenvalue weighted by molar-refractivity contribution is 7.89. The molecule has 1 heterocycles. The Balaban J connectivity index is 2.04. The molecular weight excluding hydrogens is 264 g/mol.